The summed E-state index contributed by atoms with van der Waals surface area (Å²) in [6, 6.07) is 5.99. The predicted molar refractivity (Wildman–Crippen MR) is 90.8 cm³/mol. The second-order valence-electron chi connectivity index (χ2n) is 6.29. The lowest BCUT2D eigenvalue weighted by molar-refractivity contribution is 0.576. The minimum absolute atomic E-state index is 0.268. The Morgan fingerprint density at radius 1 is 1.30 bits per heavy atom. The lowest BCUT2D eigenvalue weighted by Crippen LogP contribution is -2.35. The van der Waals surface area contributed by atoms with E-state index in [1.165, 1.54) is 0 Å². The molecule has 7 heteroatoms. The molecule has 4 heterocycles. The molecule has 3 aromatic rings. The van der Waals surface area contributed by atoms with Gasteiger partial charge in [0.05, 0.1) is 0 Å². The van der Waals surface area contributed by atoms with Crippen molar-refractivity contribution >= 4 is 45.4 Å². The average molecular weight is 330 g/mol. The van der Waals surface area contributed by atoms with Crippen molar-refractivity contribution in [2.24, 2.45) is 5.92 Å². The number of halogens is 1. The van der Waals surface area contributed by atoms with Crippen LogP contribution in [0.5, 0.6) is 0 Å². The molecule has 0 bridgehead atoms. The van der Waals surface area contributed by atoms with Crippen LogP contribution in [0.3, 0.4) is 0 Å². The number of hydrogen-bond donors (Lipinski definition) is 2. The highest BCUT2D eigenvalue weighted by Gasteiger charge is 2.39. The van der Waals surface area contributed by atoms with Crippen LogP contribution in [0, 0.1) is 5.92 Å². The number of hydrogen-bond acceptors (Lipinski definition) is 6. The third-order valence-electron chi connectivity index (χ3n) is 4.99. The molecule has 0 amide bonds. The first kappa shape index (κ1) is 13.4. The van der Waals surface area contributed by atoms with E-state index in [9.17, 15) is 0 Å². The zero-order valence-corrected chi connectivity index (χ0v) is 13.2. The third kappa shape index (κ3) is 1.91. The molecule has 0 radical (unpaired) electrons. The molecule has 0 spiro atoms. The normalized spacial score (nSPS) is 24.0. The topological polar surface area (TPSA) is 80.2 Å². The van der Waals surface area contributed by atoms with Crippen molar-refractivity contribution in [1.82, 2.24) is 15.3 Å². The van der Waals surface area contributed by atoms with Crippen molar-refractivity contribution in [3.63, 3.8) is 0 Å². The van der Waals surface area contributed by atoms with Gasteiger partial charge in [0.25, 0.3) is 0 Å². The molecule has 0 aliphatic carbocycles. The molecule has 6 nitrogen and oxygen atoms in total. The zero-order chi connectivity index (χ0) is 15.6. The van der Waals surface area contributed by atoms with E-state index in [2.05, 4.69) is 20.2 Å². The van der Waals surface area contributed by atoms with E-state index in [0.717, 1.165) is 48.4 Å². The number of nitrogens with two attached hydrogens (primary N) is 1. The van der Waals surface area contributed by atoms with Gasteiger partial charge in [-0.3, -0.25) is 0 Å². The highest BCUT2D eigenvalue weighted by molar-refractivity contribution is 6.31. The van der Waals surface area contributed by atoms with Crippen molar-refractivity contribution in [1.29, 1.82) is 0 Å². The van der Waals surface area contributed by atoms with Crippen molar-refractivity contribution < 1.29 is 4.42 Å². The Balaban J connectivity index is 1.76. The Labute approximate surface area is 137 Å². The number of fused-ring (bicyclic) bond motifs is 4. The van der Waals surface area contributed by atoms with Gasteiger partial charge < -0.3 is 20.4 Å². The Morgan fingerprint density at radius 2 is 2.22 bits per heavy atom. The summed E-state index contributed by atoms with van der Waals surface area (Å²) in [6.45, 7) is 3.02. The molecule has 2 saturated heterocycles. The maximum absolute atomic E-state index is 6.12. The number of nitrogens with one attached hydrogen (secondary N) is 1. The second-order valence-corrected chi connectivity index (χ2v) is 6.73. The zero-order valence-electron chi connectivity index (χ0n) is 12.4. The van der Waals surface area contributed by atoms with Crippen LogP contribution in [0.25, 0.3) is 22.1 Å². The van der Waals surface area contributed by atoms with Crippen LogP contribution in [0.15, 0.2) is 22.6 Å². The summed E-state index contributed by atoms with van der Waals surface area (Å²) in [7, 11) is 0. The van der Waals surface area contributed by atoms with E-state index >= 15 is 0 Å². The van der Waals surface area contributed by atoms with Gasteiger partial charge in [-0.25, -0.2) is 4.98 Å². The van der Waals surface area contributed by atoms with Gasteiger partial charge >= 0.3 is 0 Å². The van der Waals surface area contributed by atoms with Gasteiger partial charge in [0, 0.05) is 36.1 Å². The second kappa shape index (κ2) is 4.72. The molecule has 2 aliphatic heterocycles. The number of benzene rings is 1. The van der Waals surface area contributed by atoms with Crippen LogP contribution < -0.4 is 16.0 Å². The molecule has 2 fully saturated rings. The van der Waals surface area contributed by atoms with Crippen molar-refractivity contribution in [3.8, 4) is 0 Å². The van der Waals surface area contributed by atoms with Crippen molar-refractivity contribution in [2.75, 3.05) is 30.3 Å². The summed E-state index contributed by atoms with van der Waals surface area (Å²) in [5.41, 5.74) is 8.17. The van der Waals surface area contributed by atoms with Crippen molar-refractivity contribution in [3.05, 3.63) is 23.2 Å². The van der Waals surface area contributed by atoms with Gasteiger partial charge in [0.1, 0.15) is 11.1 Å². The highest BCUT2D eigenvalue weighted by Crippen LogP contribution is 2.38. The monoisotopic (exact) mass is 329 g/mol. The average Bonchev–Trinajstić information content (AvgIpc) is 3.20. The number of aromatic nitrogens is 2. The first-order valence-corrected chi connectivity index (χ1v) is 8.21. The minimum atomic E-state index is 0.268. The Hall–Kier alpha value is -2.05. The van der Waals surface area contributed by atoms with Gasteiger partial charge in [-0.2, -0.15) is 4.98 Å². The molecule has 118 valence electrons. The van der Waals surface area contributed by atoms with Crippen LogP contribution in [-0.2, 0) is 0 Å². The molecule has 23 heavy (non-hydrogen) atoms. The van der Waals surface area contributed by atoms with Crippen LogP contribution in [0.2, 0.25) is 5.02 Å². The lowest BCUT2D eigenvalue weighted by atomic mass is 10.1. The molecular weight excluding hydrogens is 314 g/mol. The van der Waals surface area contributed by atoms with E-state index in [4.69, 9.17) is 21.8 Å². The number of rotatable bonds is 1. The SMILES string of the molecule is Nc1nc(N2CC[C@H]3CNC[C@H]32)c2oc3ccc(Cl)cc3c2n1. The maximum Gasteiger partial charge on any atom is 0.222 e. The summed E-state index contributed by atoms with van der Waals surface area (Å²) in [5, 5.41) is 4.99. The molecule has 1 aromatic carbocycles. The summed E-state index contributed by atoms with van der Waals surface area (Å²) in [6.07, 6.45) is 1.16. The fourth-order valence-corrected chi connectivity index (χ4v) is 4.10. The van der Waals surface area contributed by atoms with Crippen LogP contribution >= 0.6 is 11.6 Å². The minimum Gasteiger partial charge on any atom is -0.450 e. The van der Waals surface area contributed by atoms with E-state index in [1.807, 2.05) is 18.2 Å². The van der Waals surface area contributed by atoms with Gasteiger partial charge in [0.2, 0.25) is 5.95 Å². The van der Waals surface area contributed by atoms with Gasteiger partial charge in [-0.05, 0) is 30.5 Å². The van der Waals surface area contributed by atoms with E-state index < -0.39 is 0 Å². The third-order valence-corrected chi connectivity index (χ3v) is 5.23. The van der Waals surface area contributed by atoms with E-state index in [1.54, 1.807) is 0 Å². The molecule has 2 aliphatic rings. The standard InChI is InChI=1S/C16H16ClN5O/c17-9-1-2-12-10(5-9)13-14(23-12)15(21-16(18)20-13)22-4-3-8-6-19-7-11(8)22/h1-2,5,8,11,19H,3-4,6-7H2,(H2,18,20,21)/t8-,11+/m0/s1. The number of anilines is 2. The molecule has 3 N–H and O–H groups in total. The first-order valence-electron chi connectivity index (χ1n) is 7.83. The molecule has 0 saturated carbocycles. The maximum atomic E-state index is 6.12. The summed E-state index contributed by atoms with van der Waals surface area (Å²) < 4.78 is 6.05. The largest absolute Gasteiger partial charge is 0.450 e. The molecule has 2 aromatic heterocycles. The quantitative estimate of drug-likeness (QED) is 0.713. The fourth-order valence-electron chi connectivity index (χ4n) is 3.93. The predicted octanol–water partition coefficient (Wildman–Crippen LogP) is 2.41. The Kier molecular flexibility index (Phi) is 2.75. The Bertz CT molecular complexity index is 924. The fraction of sp³-hybridized carbons (Fsp3) is 0.375. The molecule has 2 atom stereocenters. The molecule has 5 rings (SSSR count). The Morgan fingerprint density at radius 3 is 3.13 bits per heavy atom. The van der Waals surface area contributed by atoms with Crippen LogP contribution in [-0.4, -0.2) is 35.6 Å². The molecular formula is C16H16ClN5O. The smallest absolute Gasteiger partial charge is 0.222 e. The first-order chi connectivity index (χ1) is 11.2. The lowest BCUT2D eigenvalue weighted by Gasteiger charge is -2.24. The van der Waals surface area contributed by atoms with Crippen molar-refractivity contribution in [2.45, 2.75) is 12.5 Å². The summed E-state index contributed by atoms with van der Waals surface area (Å²) in [4.78, 5) is 11.2. The van der Waals surface area contributed by atoms with E-state index in [-0.39, 0.29) is 5.95 Å². The van der Waals surface area contributed by atoms with Crippen LogP contribution in [0.4, 0.5) is 11.8 Å². The van der Waals surface area contributed by atoms with Gasteiger partial charge in [-0.15, -0.1) is 0 Å². The number of nitrogen functional groups attached to an aromatic ring is 1. The van der Waals surface area contributed by atoms with Gasteiger partial charge in [-0.1, -0.05) is 11.6 Å². The highest BCUT2D eigenvalue weighted by atomic mass is 35.5. The van der Waals surface area contributed by atoms with Gasteiger partial charge in [0.15, 0.2) is 11.4 Å². The summed E-state index contributed by atoms with van der Waals surface area (Å²) in [5.74, 6) is 1.74. The summed E-state index contributed by atoms with van der Waals surface area (Å²) >= 11 is 6.12. The number of nitrogens with zero attached hydrogens (tertiary/aromatic N) is 3. The van der Waals surface area contributed by atoms with E-state index in [0.29, 0.717) is 22.6 Å². The molecule has 0 unspecified atom stereocenters. The number of furan rings is 1. The van der Waals surface area contributed by atoms with Crippen LogP contribution in [0.1, 0.15) is 6.42 Å².